The molecule has 0 spiro atoms. The van der Waals surface area contributed by atoms with E-state index in [9.17, 15) is 4.39 Å². The summed E-state index contributed by atoms with van der Waals surface area (Å²) in [7, 11) is 0. The number of benzene rings is 1. The Kier molecular flexibility index (Phi) is 3.42. The Labute approximate surface area is 136 Å². The first-order chi connectivity index (χ1) is 11.7. The highest BCUT2D eigenvalue weighted by atomic mass is 19.1. The molecule has 0 saturated carbocycles. The van der Waals surface area contributed by atoms with Gasteiger partial charge in [0.2, 0.25) is 5.89 Å². The van der Waals surface area contributed by atoms with E-state index in [4.69, 9.17) is 4.42 Å². The summed E-state index contributed by atoms with van der Waals surface area (Å²) in [6.45, 7) is 1.91. The molecule has 0 aliphatic rings. The second kappa shape index (κ2) is 5.73. The number of halogens is 1. The maximum atomic E-state index is 13.0. The summed E-state index contributed by atoms with van der Waals surface area (Å²) in [5.41, 5.74) is 2.06. The van der Waals surface area contributed by atoms with Crippen molar-refractivity contribution in [1.29, 1.82) is 0 Å². The molecule has 7 nitrogen and oxygen atoms in total. The number of fused-ring (bicyclic) bond motifs is 1. The number of imidazole rings is 1. The van der Waals surface area contributed by atoms with E-state index in [2.05, 4.69) is 30.2 Å². The normalized spacial score (nSPS) is 12.4. The molecule has 0 fully saturated rings. The Bertz CT molecular complexity index is 978. The Hall–Kier alpha value is -3.29. The van der Waals surface area contributed by atoms with E-state index in [0.717, 1.165) is 11.1 Å². The average Bonchev–Trinajstić information content (AvgIpc) is 3.25. The fourth-order valence-corrected chi connectivity index (χ4v) is 2.38. The van der Waals surface area contributed by atoms with Gasteiger partial charge < -0.3 is 14.7 Å². The predicted octanol–water partition coefficient (Wildman–Crippen LogP) is 3.32. The van der Waals surface area contributed by atoms with Crippen molar-refractivity contribution >= 4 is 17.0 Å². The van der Waals surface area contributed by atoms with Crippen molar-refractivity contribution in [3.8, 4) is 11.3 Å². The molecule has 0 saturated heterocycles. The first-order valence-corrected chi connectivity index (χ1v) is 7.33. The van der Waals surface area contributed by atoms with Gasteiger partial charge in [-0.2, -0.15) is 0 Å². The lowest BCUT2D eigenvalue weighted by Gasteiger charge is -2.11. The zero-order valence-corrected chi connectivity index (χ0v) is 12.7. The molecule has 1 atom stereocenters. The molecule has 4 aromatic rings. The lowest BCUT2D eigenvalue weighted by molar-refractivity contribution is 0.485. The highest BCUT2D eigenvalue weighted by Crippen LogP contribution is 2.26. The van der Waals surface area contributed by atoms with Crippen LogP contribution >= 0.6 is 0 Å². The van der Waals surface area contributed by atoms with Gasteiger partial charge in [0.15, 0.2) is 17.2 Å². The molecule has 0 aliphatic carbocycles. The topological polar surface area (TPSA) is 92.5 Å². The summed E-state index contributed by atoms with van der Waals surface area (Å²) in [4.78, 5) is 19.7. The molecule has 3 heterocycles. The van der Waals surface area contributed by atoms with Crippen LogP contribution in [0.1, 0.15) is 18.9 Å². The van der Waals surface area contributed by atoms with E-state index in [1.54, 1.807) is 24.7 Å². The van der Waals surface area contributed by atoms with Crippen LogP contribution in [-0.2, 0) is 0 Å². The summed E-state index contributed by atoms with van der Waals surface area (Å²) < 4.78 is 18.8. The first kappa shape index (κ1) is 14.3. The largest absolute Gasteiger partial charge is 0.438 e. The maximum Gasteiger partial charge on any atom is 0.217 e. The first-order valence-electron chi connectivity index (χ1n) is 7.33. The van der Waals surface area contributed by atoms with Gasteiger partial charge in [0, 0.05) is 5.56 Å². The number of rotatable bonds is 4. The predicted molar refractivity (Wildman–Crippen MR) is 85.6 cm³/mol. The molecule has 1 aromatic carbocycles. The molecular formula is C16H13FN6O. The molecule has 8 heteroatoms. The number of aromatic amines is 1. The van der Waals surface area contributed by atoms with Crippen LogP contribution in [0.15, 0.2) is 47.5 Å². The third kappa shape index (κ3) is 2.58. The van der Waals surface area contributed by atoms with Crippen LogP contribution in [0.5, 0.6) is 0 Å². The standard InChI is InChI=1S/C16H13FN6O/c1-9(23-15-13-14(20-7-19-13)21-8-22-15)16-18-6-12(24-16)10-2-4-11(17)5-3-10/h2-9H,1H3,(H2,19,20,21,22,23). The minimum absolute atomic E-state index is 0.222. The minimum atomic E-state index is -0.291. The quantitative estimate of drug-likeness (QED) is 0.598. The van der Waals surface area contributed by atoms with E-state index in [-0.39, 0.29) is 11.9 Å². The maximum absolute atomic E-state index is 13.0. The van der Waals surface area contributed by atoms with Gasteiger partial charge in [0.05, 0.1) is 12.5 Å². The molecule has 4 rings (SSSR count). The van der Waals surface area contributed by atoms with Crippen molar-refractivity contribution in [3.63, 3.8) is 0 Å². The molecular weight excluding hydrogens is 311 g/mol. The molecule has 0 amide bonds. The number of nitrogens with one attached hydrogen (secondary N) is 2. The molecule has 120 valence electrons. The van der Waals surface area contributed by atoms with Crippen LogP contribution in [0.2, 0.25) is 0 Å². The Balaban J connectivity index is 1.58. The van der Waals surface area contributed by atoms with Crippen LogP contribution in [0.4, 0.5) is 10.2 Å². The zero-order chi connectivity index (χ0) is 16.5. The van der Waals surface area contributed by atoms with Gasteiger partial charge in [-0.25, -0.2) is 24.3 Å². The van der Waals surface area contributed by atoms with E-state index in [1.807, 2.05) is 6.92 Å². The van der Waals surface area contributed by atoms with Gasteiger partial charge in [-0.15, -0.1) is 0 Å². The number of H-pyrrole nitrogens is 1. The second-order valence-electron chi connectivity index (χ2n) is 5.26. The van der Waals surface area contributed by atoms with Crippen LogP contribution in [0.3, 0.4) is 0 Å². The number of hydrogen-bond acceptors (Lipinski definition) is 6. The van der Waals surface area contributed by atoms with Gasteiger partial charge in [-0.3, -0.25) is 0 Å². The number of oxazole rings is 1. The van der Waals surface area contributed by atoms with Crippen molar-refractivity contribution in [3.05, 3.63) is 54.8 Å². The minimum Gasteiger partial charge on any atom is -0.438 e. The molecule has 0 aliphatic heterocycles. The van der Waals surface area contributed by atoms with Crippen molar-refractivity contribution in [1.82, 2.24) is 24.9 Å². The van der Waals surface area contributed by atoms with Crippen molar-refractivity contribution in [2.75, 3.05) is 5.32 Å². The average molecular weight is 324 g/mol. The van der Waals surface area contributed by atoms with Crippen LogP contribution in [0.25, 0.3) is 22.5 Å². The highest BCUT2D eigenvalue weighted by molar-refractivity contribution is 5.82. The van der Waals surface area contributed by atoms with Crippen LogP contribution in [0, 0.1) is 5.82 Å². The van der Waals surface area contributed by atoms with Crippen molar-refractivity contribution in [2.24, 2.45) is 0 Å². The van der Waals surface area contributed by atoms with Crippen molar-refractivity contribution in [2.45, 2.75) is 13.0 Å². The lowest BCUT2D eigenvalue weighted by Crippen LogP contribution is -2.08. The number of nitrogens with zero attached hydrogens (tertiary/aromatic N) is 4. The van der Waals surface area contributed by atoms with Gasteiger partial charge in [0.25, 0.3) is 0 Å². The highest BCUT2D eigenvalue weighted by Gasteiger charge is 2.16. The summed E-state index contributed by atoms with van der Waals surface area (Å²) >= 11 is 0. The summed E-state index contributed by atoms with van der Waals surface area (Å²) in [6, 6.07) is 5.84. The lowest BCUT2D eigenvalue weighted by atomic mass is 10.2. The van der Waals surface area contributed by atoms with Gasteiger partial charge in [-0.1, -0.05) is 0 Å². The third-order valence-corrected chi connectivity index (χ3v) is 3.60. The van der Waals surface area contributed by atoms with E-state index in [1.165, 1.54) is 18.5 Å². The van der Waals surface area contributed by atoms with Gasteiger partial charge in [0.1, 0.15) is 23.7 Å². The molecule has 1 unspecified atom stereocenters. The number of aromatic nitrogens is 5. The molecule has 24 heavy (non-hydrogen) atoms. The van der Waals surface area contributed by atoms with E-state index >= 15 is 0 Å². The molecule has 0 bridgehead atoms. The number of hydrogen-bond donors (Lipinski definition) is 2. The van der Waals surface area contributed by atoms with E-state index < -0.39 is 0 Å². The summed E-state index contributed by atoms with van der Waals surface area (Å²) in [6.07, 6.45) is 4.62. The number of anilines is 1. The summed E-state index contributed by atoms with van der Waals surface area (Å²) in [5.74, 6) is 1.40. The van der Waals surface area contributed by atoms with Gasteiger partial charge >= 0.3 is 0 Å². The smallest absolute Gasteiger partial charge is 0.217 e. The Morgan fingerprint density at radius 2 is 1.96 bits per heavy atom. The summed E-state index contributed by atoms with van der Waals surface area (Å²) in [5, 5.41) is 3.22. The third-order valence-electron chi connectivity index (χ3n) is 3.60. The monoisotopic (exact) mass is 324 g/mol. The fraction of sp³-hybridized carbons (Fsp3) is 0.125. The Morgan fingerprint density at radius 3 is 2.79 bits per heavy atom. The van der Waals surface area contributed by atoms with Crippen LogP contribution in [-0.4, -0.2) is 24.9 Å². The Morgan fingerprint density at radius 1 is 1.12 bits per heavy atom. The molecule has 0 radical (unpaired) electrons. The SMILES string of the molecule is CC(Nc1ncnc2nc[nH]c12)c1ncc(-c2ccc(F)cc2)o1. The fourth-order valence-electron chi connectivity index (χ4n) is 2.38. The molecule has 2 N–H and O–H groups in total. The van der Waals surface area contributed by atoms with Gasteiger partial charge in [-0.05, 0) is 31.2 Å². The molecule has 3 aromatic heterocycles. The van der Waals surface area contributed by atoms with Crippen molar-refractivity contribution < 1.29 is 8.81 Å². The van der Waals surface area contributed by atoms with Crippen LogP contribution < -0.4 is 5.32 Å². The van der Waals surface area contributed by atoms with E-state index in [0.29, 0.717) is 23.1 Å². The second-order valence-corrected chi connectivity index (χ2v) is 5.26. The zero-order valence-electron chi connectivity index (χ0n) is 12.7.